The van der Waals surface area contributed by atoms with Crippen LogP contribution in [0.25, 0.3) is 5.57 Å². The molecule has 0 unspecified atom stereocenters. The van der Waals surface area contributed by atoms with E-state index >= 15 is 0 Å². The molecule has 1 aromatic heterocycles. The number of nitrogens with one attached hydrogen (secondary N) is 1. The van der Waals surface area contributed by atoms with Gasteiger partial charge in [0.15, 0.2) is 0 Å². The number of benzene rings is 2. The number of carbonyl (C=O) groups is 2. The summed E-state index contributed by atoms with van der Waals surface area (Å²) in [6.07, 6.45) is 0.573. The number of thiophene rings is 1. The summed E-state index contributed by atoms with van der Waals surface area (Å²) in [6.45, 7) is 4.33. The first-order valence-electron chi connectivity index (χ1n) is 9.66. The Morgan fingerprint density at radius 2 is 1.67 bits per heavy atom. The monoisotopic (exact) mass is 436 g/mol. The quantitative estimate of drug-likeness (QED) is 0.522. The molecule has 1 aliphatic heterocycles. The van der Waals surface area contributed by atoms with Gasteiger partial charge < -0.3 is 5.32 Å². The van der Waals surface area contributed by atoms with E-state index < -0.39 is 0 Å². The average molecular weight is 437 g/mol. The maximum atomic E-state index is 13.2. The van der Waals surface area contributed by atoms with E-state index in [2.05, 4.69) is 11.4 Å². The number of imide groups is 1. The molecule has 0 saturated heterocycles. The predicted octanol–water partition coefficient (Wildman–Crippen LogP) is 5.45. The molecule has 0 atom stereocenters. The fraction of sp³-hybridized carbons (Fsp3) is 0.167. The van der Waals surface area contributed by atoms with Crippen LogP contribution in [0.3, 0.4) is 0 Å². The zero-order chi connectivity index (χ0) is 21.3. The maximum absolute atomic E-state index is 13.2. The molecule has 30 heavy (non-hydrogen) atoms. The van der Waals surface area contributed by atoms with Gasteiger partial charge in [-0.05, 0) is 72.7 Å². The van der Waals surface area contributed by atoms with E-state index in [1.54, 1.807) is 0 Å². The minimum Gasteiger partial charge on any atom is -0.350 e. The highest BCUT2D eigenvalue weighted by molar-refractivity contribution is 7.11. The summed E-state index contributed by atoms with van der Waals surface area (Å²) in [6, 6.07) is 17.2. The Morgan fingerprint density at radius 3 is 2.30 bits per heavy atom. The molecule has 0 saturated carbocycles. The molecule has 0 bridgehead atoms. The number of halogens is 1. The fourth-order valence-corrected chi connectivity index (χ4v) is 4.52. The molecule has 0 fully saturated rings. The van der Waals surface area contributed by atoms with Crippen LogP contribution in [0.2, 0.25) is 5.02 Å². The van der Waals surface area contributed by atoms with Gasteiger partial charge >= 0.3 is 0 Å². The van der Waals surface area contributed by atoms with Gasteiger partial charge in [-0.15, -0.1) is 11.3 Å². The van der Waals surface area contributed by atoms with Crippen LogP contribution in [0.15, 0.2) is 65.7 Å². The number of nitrogens with zero attached hydrogens (tertiary/aromatic N) is 1. The SMILES string of the molecule is Cc1cc(C)cc(NC2=C(c3cccs3)C(=O)N(CCc3ccc(Cl)cc3)C2=O)c1. The van der Waals surface area contributed by atoms with Crippen LogP contribution in [-0.2, 0) is 16.0 Å². The lowest BCUT2D eigenvalue weighted by molar-refractivity contribution is -0.136. The fourth-order valence-electron chi connectivity index (χ4n) is 3.63. The molecule has 152 valence electrons. The van der Waals surface area contributed by atoms with E-state index in [0.717, 1.165) is 27.3 Å². The van der Waals surface area contributed by atoms with Crippen molar-refractivity contribution in [2.24, 2.45) is 0 Å². The van der Waals surface area contributed by atoms with E-state index in [4.69, 9.17) is 11.6 Å². The number of hydrogen-bond acceptors (Lipinski definition) is 4. The van der Waals surface area contributed by atoms with E-state index in [1.165, 1.54) is 16.2 Å². The van der Waals surface area contributed by atoms with Crippen LogP contribution in [0.4, 0.5) is 5.69 Å². The second-order valence-electron chi connectivity index (χ2n) is 7.37. The first kappa shape index (κ1) is 20.4. The highest BCUT2D eigenvalue weighted by Crippen LogP contribution is 2.33. The second kappa shape index (κ2) is 8.46. The third-order valence-electron chi connectivity index (χ3n) is 4.96. The van der Waals surface area contributed by atoms with Crippen molar-refractivity contribution in [3.63, 3.8) is 0 Å². The molecular weight excluding hydrogens is 416 g/mol. The Morgan fingerprint density at radius 1 is 0.967 bits per heavy atom. The van der Waals surface area contributed by atoms with Crippen molar-refractivity contribution in [1.82, 2.24) is 4.90 Å². The van der Waals surface area contributed by atoms with Crippen LogP contribution >= 0.6 is 22.9 Å². The number of carbonyl (C=O) groups excluding carboxylic acids is 2. The van der Waals surface area contributed by atoms with Gasteiger partial charge in [0.25, 0.3) is 11.8 Å². The molecular formula is C24H21ClN2O2S. The lowest BCUT2D eigenvalue weighted by atomic mass is 10.1. The molecule has 2 aromatic carbocycles. The molecule has 0 spiro atoms. The van der Waals surface area contributed by atoms with Gasteiger partial charge in [0, 0.05) is 22.1 Å². The minimum atomic E-state index is -0.295. The van der Waals surface area contributed by atoms with Crippen LogP contribution in [0, 0.1) is 13.8 Å². The molecule has 2 heterocycles. The van der Waals surface area contributed by atoms with Crippen LogP contribution in [-0.4, -0.2) is 23.3 Å². The van der Waals surface area contributed by atoms with Gasteiger partial charge in [-0.1, -0.05) is 35.9 Å². The van der Waals surface area contributed by atoms with E-state index in [9.17, 15) is 9.59 Å². The second-order valence-corrected chi connectivity index (χ2v) is 8.75. The Bertz CT molecular complexity index is 1110. The van der Waals surface area contributed by atoms with Crippen molar-refractivity contribution in [3.05, 3.63) is 92.3 Å². The zero-order valence-corrected chi connectivity index (χ0v) is 18.3. The van der Waals surface area contributed by atoms with Crippen molar-refractivity contribution in [2.45, 2.75) is 20.3 Å². The van der Waals surface area contributed by atoms with Crippen LogP contribution in [0.1, 0.15) is 21.6 Å². The van der Waals surface area contributed by atoms with Gasteiger partial charge in [0.1, 0.15) is 5.70 Å². The van der Waals surface area contributed by atoms with Gasteiger partial charge in [-0.25, -0.2) is 0 Å². The first-order chi connectivity index (χ1) is 14.4. The van der Waals surface area contributed by atoms with E-state index in [1.807, 2.05) is 67.8 Å². The lowest BCUT2D eigenvalue weighted by Crippen LogP contribution is -2.34. The van der Waals surface area contributed by atoms with Gasteiger partial charge in [-0.3, -0.25) is 14.5 Å². The standard InChI is InChI=1S/C24H21ClN2O2S/c1-15-12-16(2)14-19(13-15)26-22-21(20-4-3-11-30-20)23(28)27(24(22)29)10-9-17-5-7-18(25)8-6-17/h3-8,11-14,26H,9-10H2,1-2H3. The molecule has 1 aliphatic rings. The normalized spacial score (nSPS) is 14.0. The largest absolute Gasteiger partial charge is 0.350 e. The molecule has 4 nitrogen and oxygen atoms in total. The summed E-state index contributed by atoms with van der Waals surface area (Å²) in [7, 11) is 0. The molecule has 2 amide bonds. The molecule has 1 N–H and O–H groups in total. The van der Waals surface area contributed by atoms with Gasteiger partial charge in [-0.2, -0.15) is 0 Å². The minimum absolute atomic E-state index is 0.261. The van der Waals surface area contributed by atoms with Crippen molar-refractivity contribution < 1.29 is 9.59 Å². The Hall–Kier alpha value is -2.89. The van der Waals surface area contributed by atoms with Crippen LogP contribution in [0.5, 0.6) is 0 Å². The molecule has 4 rings (SSSR count). The number of amides is 2. The summed E-state index contributed by atoms with van der Waals surface area (Å²) < 4.78 is 0. The van der Waals surface area contributed by atoms with Gasteiger partial charge in [0.2, 0.25) is 0 Å². The van der Waals surface area contributed by atoms with E-state index in [0.29, 0.717) is 29.3 Å². The van der Waals surface area contributed by atoms with Crippen molar-refractivity contribution in [3.8, 4) is 0 Å². The van der Waals surface area contributed by atoms with E-state index in [-0.39, 0.29) is 11.8 Å². The van der Waals surface area contributed by atoms with Crippen molar-refractivity contribution >= 4 is 46.0 Å². The molecule has 6 heteroatoms. The third-order valence-corrected chi connectivity index (χ3v) is 6.10. The average Bonchev–Trinajstić information content (AvgIpc) is 3.29. The Labute approximate surface area is 184 Å². The summed E-state index contributed by atoms with van der Waals surface area (Å²) in [5.41, 5.74) is 4.78. The maximum Gasteiger partial charge on any atom is 0.278 e. The van der Waals surface area contributed by atoms with Crippen LogP contribution < -0.4 is 5.32 Å². The number of hydrogen-bond donors (Lipinski definition) is 1. The third kappa shape index (κ3) is 4.18. The number of aryl methyl sites for hydroxylation is 2. The highest BCUT2D eigenvalue weighted by atomic mass is 35.5. The topological polar surface area (TPSA) is 49.4 Å². The first-order valence-corrected chi connectivity index (χ1v) is 10.9. The van der Waals surface area contributed by atoms with Crippen molar-refractivity contribution in [1.29, 1.82) is 0 Å². The summed E-state index contributed by atoms with van der Waals surface area (Å²) >= 11 is 7.40. The summed E-state index contributed by atoms with van der Waals surface area (Å²) in [5.74, 6) is -0.556. The number of rotatable bonds is 6. The lowest BCUT2D eigenvalue weighted by Gasteiger charge is -2.15. The number of anilines is 1. The molecule has 0 aliphatic carbocycles. The Balaban J connectivity index is 1.63. The molecule has 3 aromatic rings. The molecule has 0 radical (unpaired) electrons. The Kier molecular flexibility index (Phi) is 5.75. The highest BCUT2D eigenvalue weighted by Gasteiger charge is 2.39. The smallest absolute Gasteiger partial charge is 0.278 e. The summed E-state index contributed by atoms with van der Waals surface area (Å²) in [4.78, 5) is 28.6. The van der Waals surface area contributed by atoms with Crippen molar-refractivity contribution in [2.75, 3.05) is 11.9 Å². The van der Waals surface area contributed by atoms with Gasteiger partial charge in [0.05, 0.1) is 5.57 Å². The predicted molar refractivity (Wildman–Crippen MR) is 123 cm³/mol. The summed E-state index contributed by atoms with van der Waals surface area (Å²) in [5, 5.41) is 5.80. The zero-order valence-electron chi connectivity index (χ0n) is 16.7.